The number of methoxy groups -OCH3 is 1. The van der Waals surface area contributed by atoms with Crippen LogP contribution in [-0.4, -0.2) is 54.2 Å². The summed E-state index contributed by atoms with van der Waals surface area (Å²) < 4.78 is 15.4. The van der Waals surface area contributed by atoms with E-state index in [1.54, 1.807) is 0 Å². The highest BCUT2D eigenvalue weighted by atomic mass is 16.6. The zero-order valence-electron chi connectivity index (χ0n) is 20.7. The Morgan fingerprint density at radius 1 is 1.18 bits per heavy atom. The summed E-state index contributed by atoms with van der Waals surface area (Å²) in [4.78, 5) is 23.5. The predicted molar refractivity (Wildman–Crippen MR) is 127 cm³/mol. The first-order valence-corrected chi connectivity index (χ1v) is 12.7. The third-order valence-corrected chi connectivity index (χ3v) is 7.51. The molecule has 0 aromatic heterocycles. The summed E-state index contributed by atoms with van der Waals surface area (Å²) in [7, 11) is 1.24. The van der Waals surface area contributed by atoms with Gasteiger partial charge in [-0.25, -0.2) is 9.59 Å². The minimum Gasteiger partial charge on any atom is -0.482 e. The fourth-order valence-electron chi connectivity index (χ4n) is 5.68. The molecular weight excluding hydrogens is 436 g/mol. The van der Waals surface area contributed by atoms with Crippen LogP contribution in [-0.2, 0) is 31.9 Å². The normalized spacial score (nSPS) is 25.1. The van der Waals surface area contributed by atoms with Gasteiger partial charge in [-0.05, 0) is 80.4 Å². The van der Waals surface area contributed by atoms with Crippen LogP contribution >= 0.6 is 0 Å². The van der Waals surface area contributed by atoms with E-state index in [9.17, 15) is 19.8 Å². The van der Waals surface area contributed by atoms with Gasteiger partial charge in [-0.15, -0.1) is 0 Å². The minimum absolute atomic E-state index is 0.207. The second kappa shape index (κ2) is 12.5. The Bertz CT molecular complexity index is 823. The number of rotatable bonds is 12. The molecular formula is C27H40O7. The number of hydrogen-bond donors (Lipinski definition) is 2. The highest BCUT2D eigenvalue weighted by Crippen LogP contribution is 2.48. The summed E-state index contributed by atoms with van der Waals surface area (Å²) in [6, 6.07) is 5.87. The van der Waals surface area contributed by atoms with Crippen molar-refractivity contribution in [2.45, 2.75) is 89.9 Å². The highest BCUT2D eigenvalue weighted by molar-refractivity contribution is 5.79. The fraction of sp³-hybridized carbons (Fsp3) is 0.704. The van der Waals surface area contributed by atoms with Crippen LogP contribution in [0.3, 0.4) is 0 Å². The molecule has 7 heteroatoms. The number of aliphatic hydroxyl groups excluding tert-OH is 2. The number of esters is 2. The first-order chi connectivity index (χ1) is 16.3. The number of fused-ring (bicyclic) bond motifs is 2. The maximum absolute atomic E-state index is 12.1. The predicted octanol–water partition coefficient (Wildman–Crippen LogP) is 3.60. The summed E-state index contributed by atoms with van der Waals surface area (Å²) in [5.74, 6) is 0.380. The van der Waals surface area contributed by atoms with Crippen LogP contribution in [0.5, 0.6) is 5.75 Å². The lowest BCUT2D eigenvalue weighted by molar-refractivity contribution is -0.165. The average molecular weight is 477 g/mol. The van der Waals surface area contributed by atoms with E-state index >= 15 is 0 Å². The Morgan fingerprint density at radius 2 is 1.97 bits per heavy atom. The quantitative estimate of drug-likeness (QED) is 0.351. The zero-order chi connectivity index (χ0) is 24.7. The van der Waals surface area contributed by atoms with Crippen LogP contribution in [0.15, 0.2) is 18.2 Å². The maximum atomic E-state index is 12.1. The molecule has 3 rings (SSSR count). The molecule has 1 aromatic rings. The van der Waals surface area contributed by atoms with E-state index in [4.69, 9.17) is 9.47 Å². The number of hydrogen-bond acceptors (Lipinski definition) is 7. The Balaban J connectivity index is 1.58. The molecule has 190 valence electrons. The molecule has 1 aromatic carbocycles. The third-order valence-electron chi connectivity index (χ3n) is 7.51. The van der Waals surface area contributed by atoms with Crippen molar-refractivity contribution in [3.05, 3.63) is 29.3 Å². The molecule has 0 spiro atoms. The van der Waals surface area contributed by atoms with Crippen molar-refractivity contribution >= 4 is 11.9 Å². The van der Waals surface area contributed by atoms with Crippen molar-refractivity contribution in [3.63, 3.8) is 0 Å². The van der Waals surface area contributed by atoms with Crippen LogP contribution in [0.25, 0.3) is 0 Å². The van der Waals surface area contributed by atoms with Gasteiger partial charge < -0.3 is 24.4 Å². The van der Waals surface area contributed by atoms with Crippen molar-refractivity contribution in [2.75, 3.05) is 13.7 Å². The lowest BCUT2D eigenvalue weighted by Crippen LogP contribution is -2.29. The SMILES string of the molecule is CCCCC[C@@H](O)CC[C@@H]1[C@H]2Cc3cccc(OCC(=O)O[C@H](C)C(=O)OC)c3C[C@H]2C[C@H]1O. The molecule has 0 amide bonds. The van der Waals surface area contributed by atoms with Gasteiger partial charge in [0.15, 0.2) is 12.7 Å². The van der Waals surface area contributed by atoms with Gasteiger partial charge in [0.25, 0.3) is 0 Å². The summed E-state index contributed by atoms with van der Waals surface area (Å²) >= 11 is 0. The summed E-state index contributed by atoms with van der Waals surface area (Å²) in [6.45, 7) is 3.34. The van der Waals surface area contributed by atoms with Crippen LogP contribution in [0.4, 0.5) is 0 Å². The minimum atomic E-state index is -0.978. The van der Waals surface area contributed by atoms with Crippen molar-refractivity contribution in [3.8, 4) is 5.75 Å². The zero-order valence-corrected chi connectivity index (χ0v) is 20.7. The maximum Gasteiger partial charge on any atom is 0.346 e. The molecule has 0 bridgehead atoms. The number of unbranched alkanes of at least 4 members (excludes halogenated alkanes) is 2. The Kier molecular flexibility index (Phi) is 9.77. The molecule has 6 atom stereocenters. The number of carbonyl (C=O) groups is 2. The summed E-state index contributed by atoms with van der Waals surface area (Å²) in [5.41, 5.74) is 2.28. The van der Waals surface area contributed by atoms with Gasteiger partial charge in [0.1, 0.15) is 5.75 Å². The van der Waals surface area contributed by atoms with E-state index in [0.717, 1.165) is 63.4 Å². The van der Waals surface area contributed by atoms with E-state index in [2.05, 4.69) is 17.7 Å². The Hall–Kier alpha value is -2.12. The van der Waals surface area contributed by atoms with Crippen molar-refractivity contribution in [1.29, 1.82) is 0 Å². The molecule has 1 saturated carbocycles. The lowest BCUT2D eigenvalue weighted by atomic mass is 9.73. The molecule has 2 N–H and O–H groups in total. The van der Waals surface area contributed by atoms with Gasteiger partial charge in [-0.2, -0.15) is 0 Å². The molecule has 0 unspecified atom stereocenters. The highest BCUT2D eigenvalue weighted by Gasteiger charge is 2.44. The summed E-state index contributed by atoms with van der Waals surface area (Å²) in [6.07, 6.45) is 6.63. The Labute approximate surface area is 202 Å². The smallest absolute Gasteiger partial charge is 0.346 e. The number of benzene rings is 1. The molecule has 2 aliphatic rings. The van der Waals surface area contributed by atoms with Crippen LogP contribution < -0.4 is 4.74 Å². The van der Waals surface area contributed by atoms with Crippen molar-refractivity contribution < 1.29 is 34.0 Å². The van der Waals surface area contributed by atoms with E-state index < -0.39 is 18.0 Å². The molecule has 7 nitrogen and oxygen atoms in total. The standard InChI is InChI=1S/C27H40O7/c1-4-5-6-9-20(28)11-12-21-22-13-18-8-7-10-25(23(18)14-19(22)15-24(21)29)33-16-26(30)34-17(2)27(31)32-3/h7-8,10,17,19-22,24,28-29H,4-6,9,11-16H2,1-3H3/t17-,19+,20-,21-,22+,24-/m1/s1. The topological polar surface area (TPSA) is 102 Å². The monoisotopic (exact) mass is 476 g/mol. The van der Waals surface area contributed by atoms with Crippen LogP contribution in [0.1, 0.15) is 69.9 Å². The van der Waals surface area contributed by atoms with Gasteiger partial charge in [0.05, 0.1) is 19.3 Å². The second-order valence-corrected chi connectivity index (χ2v) is 9.86. The van der Waals surface area contributed by atoms with Gasteiger partial charge in [0, 0.05) is 0 Å². The number of aliphatic hydroxyl groups is 2. The van der Waals surface area contributed by atoms with Crippen LogP contribution in [0.2, 0.25) is 0 Å². The lowest BCUT2D eigenvalue weighted by Gasteiger charge is -2.32. The molecule has 0 heterocycles. The van der Waals surface area contributed by atoms with Crippen molar-refractivity contribution in [2.24, 2.45) is 17.8 Å². The molecule has 1 fully saturated rings. The van der Waals surface area contributed by atoms with E-state index in [1.165, 1.54) is 19.6 Å². The second-order valence-electron chi connectivity index (χ2n) is 9.86. The molecule has 34 heavy (non-hydrogen) atoms. The largest absolute Gasteiger partial charge is 0.482 e. The third kappa shape index (κ3) is 6.72. The Morgan fingerprint density at radius 3 is 2.71 bits per heavy atom. The first-order valence-electron chi connectivity index (χ1n) is 12.7. The van der Waals surface area contributed by atoms with Gasteiger partial charge in [0.2, 0.25) is 0 Å². The number of ether oxygens (including phenoxy) is 3. The van der Waals surface area contributed by atoms with Gasteiger partial charge in [-0.3, -0.25) is 0 Å². The van der Waals surface area contributed by atoms with Gasteiger partial charge >= 0.3 is 11.9 Å². The molecule has 0 radical (unpaired) electrons. The fourth-order valence-corrected chi connectivity index (χ4v) is 5.68. The van der Waals surface area contributed by atoms with Crippen LogP contribution in [0, 0.1) is 17.8 Å². The van der Waals surface area contributed by atoms with Gasteiger partial charge in [-0.1, -0.05) is 38.3 Å². The first kappa shape index (κ1) is 26.5. The summed E-state index contributed by atoms with van der Waals surface area (Å²) in [5, 5.41) is 21.2. The van der Waals surface area contributed by atoms with E-state index in [1.807, 2.05) is 12.1 Å². The molecule has 0 saturated heterocycles. The number of carbonyl (C=O) groups excluding carboxylic acids is 2. The molecule has 2 aliphatic carbocycles. The average Bonchev–Trinajstić information content (AvgIpc) is 3.13. The molecule has 0 aliphatic heterocycles. The van der Waals surface area contributed by atoms with E-state index in [0.29, 0.717) is 17.6 Å². The van der Waals surface area contributed by atoms with Crippen molar-refractivity contribution in [1.82, 2.24) is 0 Å². The van der Waals surface area contributed by atoms with E-state index in [-0.39, 0.29) is 24.7 Å².